The Morgan fingerprint density at radius 1 is 1.31 bits per heavy atom. The van der Waals surface area contributed by atoms with Crippen LogP contribution in [0.3, 0.4) is 0 Å². The van der Waals surface area contributed by atoms with Crippen LogP contribution in [0.15, 0.2) is 36.4 Å². The van der Waals surface area contributed by atoms with Gasteiger partial charge in [-0.25, -0.2) is 0 Å². The van der Waals surface area contributed by atoms with Crippen LogP contribution in [-0.4, -0.2) is 24.0 Å². The molecule has 84 valence electrons. The van der Waals surface area contributed by atoms with Gasteiger partial charge in [-0.15, -0.1) is 0 Å². The molecule has 0 aliphatic rings. The zero-order valence-electron chi connectivity index (χ0n) is 8.84. The Morgan fingerprint density at radius 3 is 2.50 bits per heavy atom. The van der Waals surface area contributed by atoms with Crippen LogP contribution in [0, 0.1) is 0 Å². The number of carbonyl (C=O) groups is 2. The molecule has 0 aliphatic heterocycles. The van der Waals surface area contributed by atoms with Gasteiger partial charge in [-0.3, -0.25) is 9.59 Å². The van der Waals surface area contributed by atoms with Gasteiger partial charge in [0.15, 0.2) is 5.78 Å². The molecule has 1 aromatic rings. The molecule has 0 unspecified atom stereocenters. The van der Waals surface area contributed by atoms with E-state index in [1.807, 2.05) is 0 Å². The standard InChI is InChI=1S/C12H12O4/c1-16-12(15)8-10(13)7-11(14)9-5-3-2-4-6-9/h2-7,14H,8H2,1H3/b11-7-. The third kappa shape index (κ3) is 3.57. The van der Waals surface area contributed by atoms with Gasteiger partial charge >= 0.3 is 5.97 Å². The normalized spacial score (nSPS) is 10.9. The number of hydrogen-bond acceptors (Lipinski definition) is 4. The number of carbonyl (C=O) groups excluding carboxylic acids is 2. The van der Waals surface area contributed by atoms with Crippen molar-refractivity contribution in [1.82, 2.24) is 0 Å². The maximum absolute atomic E-state index is 11.3. The highest BCUT2D eigenvalue weighted by Crippen LogP contribution is 2.10. The van der Waals surface area contributed by atoms with E-state index in [2.05, 4.69) is 4.74 Å². The Balaban J connectivity index is 2.70. The number of rotatable bonds is 4. The lowest BCUT2D eigenvalue weighted by molar-refractivity contribution is -0.142. The summed E-state index contributed by atoms with van der Waals surface area (Å²) in [7, 11) is 1.20. The highest BCUT2D eigenvalue weighted by atomic mass is 16.5. The molecular formula is C12H12O4. The number of benzene rings is 1. The molecule has 0 heterocycles. The molecule has 0 bridgehead atoms. The molecule has 0 spiro atoms. The van der Waals surface area contributed by atoms with Crippen LogP contribution in [0.4, 0.5) is 0 Å². The third-order valence-electron chi connectivity index (χ3n) is 1.91. The van der Waals surface area contributed by atoms with E-state index in [-0.39, 0.29) is 12.2 Å². The first-order chi connectivity index (χ1) is 7.63. The van der Waals surface area contributed by atoms with Gasteiger partial charge in [0.2, 0.25) is 0 Å². The lowest BCUT2D eigenvalue weighted by Crippen LogP contribution is -2.07. The highest BCUT2D eigenvalue weighted by Gasteiger charge is 2.08. The Labute approximate surface area is 93.2 Å². The minimum Gasteiger partial charge on any atom is -0.507 e. The number of aliphatic hydroxyl groups is 1. The summed E-state index contributed by atoms with van der Waals surface area (Å²) in [5.74, 6) is -1.27. The Bertz CT molecular complexity index is 406. The van der Waals surface area contributed by atoms with E-state index in [1.54, 1.807) is 30.3 Å². The van der Waals surface area contributed by atoms with Crippen molar-refractivity contribution in [3.63, 3.8) is 0 Å². The van der Waals surface area contributed by atoms with Crippen molar-refractivity contribution < 1.29 is 19.4 Å². The van der Waals surface area contributed by atoms with Crippen molar-refractivity contribution in [3.05, 3.63) is 42.0 Å². The average molecular weight is 220 g/mol. The van der Waals surface area contributed by atoms with Gasteiger partial charge in [0.1, 0.15) is 12.2 Å². The summed E-state index contributed by atoms with van der Waals surface area (Å²) in [6.45, 7) is 0. The van der Waals surface area contributed by atoms with Gasteiger partial charge in [0.25, 0.3) is 0 Å². The second-order valence-corrected chi connectivity index (χ2v) is 3.11. The first-order valence-corrected chi connectivity index (χ1v) is 4.69. The second-order valence-electron chi connectivity index (χ2n) is 3.11. The summed E-state index contributed by atoms with van der Waals surface area (Å²) in [5, 5.41) is 9.56. The fraction of sp³-hybridized carbons (Fsp3) is 0.167. The molecule has 0 aliphatic carbocycles. The number of allylic oxidation sites excluding steroid dienone is 1. The largest absolute Gasteiger partial charge is 0.507 e. The van der Waals surface area contributed by atoms with Gasteiger partial charge in [-0.2, -0.15) is 0 Å². The second kappa shape index (κ2) is 5.70. The molecule has 1 rings (SSSR count). The molecule has 16 heavy (non-hydrogen) atoms. The van der Waals surface area contributed by atoms with E-state index in [0.29, 0.717) is 5.56 Å². The minimum atomic E-state index is -0.623. The average Bonchev–Trinajstić information content (AvgIpc) is 2.29. The van der Waals surface area contributed by atoms with Crippen LogP contribution >= 0.6 is 0 Å². The highest BCUT2D eigenvalue weighted by molar-refractivity contribution is 6.04. The maximum Gasteiger partial charge on any atom is 0.313 e. The van der Waals surface area contributed by atoms with E-state index in [9.17, 15) is 14.7 Å². The van der Waals surface area contributed by atoms with Crippen LogP contribution in [0.2, 0.25) is 0 Å². The number of ketones is 1. The Hall–Kier alpha value is -2.10. The number of ether oxygens (including phenoxy) is 1. The number of aliphatic hydroxyl groups excluding tert-OH is 1. The smallest absolute Gasteiger partial charge is 0.313 e. The monoisotopic (exact) mass is 220 g/mol. The molecule has 0 atom stereocenters. The predicted molar refractivity (Wildman–Crippen MR) is 58.7 cm³/mol. The summed E-state index contributed by atoms with van der Waals surface area (Å²) in [6, 6.07) is 8.61. The molecule has 1 aromatic carbocycles. The zero-order valence-corrected chi connectivity index (χ0v) is 8.84. The van der Waals surface area contributed by atoms with Crippen LogP contribution in [0.5, 0.6) is 0 Å². The molecule has 4 nitrogen and oxygen atoms in total. The third-order valence-corrected chi connectivity index (χ3v) is 1.91. The van der Waals surface area contributed by atoms with Crippen LogP contribution in [0.1, 0.15) is 12.0 Å². The zero-order chi connectivity index (χ0) is 12.0. The quantitative estimate of drug-likeness (QED) is 0.363. The van der Waals surface area contributed by atoms with Crippen LogP contribution in [0.25, 0.3) is 5.76 Å². The molecule has 4 heteroatoms. The van der Waals surface area contributed by atoms with E-state index >= 15 is 0 Å². The van der Waals surface area contributed by atoms with Crippen molar-refractivity contribution in [2.24, 2.45) is 0 Å². The molecular weight excluding hydrogens is 208 g/mol. The summed E-state index contributed by atoms with van der Waals surface area (Å²) in [4.78, 5) is 22.0. The molecule has 0 fully saturated rings. The molecule has 0 amide bonds. The minimum absolute atomic E-state index is 0.158. The molecule has 0 saturated heterocycles. The van der Waals surface area contributed by atoms with Gasteiger partial charge in [-0.1, -0.05) is 30.3 Å². The first-order valence-electron chi connectivity index (χ1n) is 4.69. The van der Waals surface area contributed by atoms with E-state index in [4.69, 9.17) is 0 Å². The van der Waals surface area contributed by atoms with Gasteiger partial charge in [0, 0.05) is 11.6 Å². The SMILES string of the molecule is COC(=O)CC(=O)/C=C(\O)c1ccccc1. The van der Waals surface area contributed by atoms with Gasteiger partial charge in [-0.05, 0) is 0 Å². The van der Waals surface area contributed by atoms with Crippen molar-refractivity contribution in [3.8, 4) is 0 Å². The molecule has 0 aromatic heterocycles. The van der Waals surface area contributed by atoms with E-state index < -0.39 is 11.8 Å². The van der Waals surface area contributed by atoms with E-state index in [1.165, 1.54) is 7.11 Å². The van der Waals surface area contributed by atoms with Crippen LogP contribution in [-0.2, 0) is 14.3 Å². The fourth-order valence-electron chi connectivity index (χ4n) is 1.11. The summed E-state index contributed by atoms with van der Waals surface area (Å²) < 4.78 is 4.34. The summed E-state index contributed by atoms with van der Waals surface area (Å²) >= 11 is 0. The van der Waals surface area contributed by atoms with Crippen molar-refractivity contribution in [2.75, 3.05) is 7.11 Å². The van der Waals surface area contributed by atoms with Crippen molar-refractivity contribution in [1.29, 1.82) is 0 Å². The topological polar surface area (TPSA) is 63.6 Å². The Morgan fingerprint density at radius 2 is 1.94 bits per heavy atom. The van der Waals surface area contributed by atoms with E-state index in [0.717, 1.165) is 6.08 Å². The predicted octanol–water partition coefficient (Wildman–Crippen LogP) is 1.72. The molecule has 1 N–H and O–H groups in total. The number of hydrogen-bond donors (Lipinski definition) is 1. The van der Waals surface area contributed by atoms with Gasteiger partial charge in [0.05, 0.1) is 7.11 Å². The summed E-state index contributed by atoms with van der Waals surface area (Å²) in [5.41, 5.74) is 0.528. The molecule has 0 radical (unpaired) electrons. The Kier molecular flexibility index (Phi) is 4.27. The van der Waals surface area contributed by atoms with Crippen molar-refractivity contribution in [2.45, 2.75) is 6.42 Å². The lowest BCUT2D eigenvalue weighted by atomic mass is 10.1. The summed E-state index contributed by atoms with van der Waals surface area (Å²) in [6.07, 6.45) is 0.652. The maximum atomic E-state index is 11.3. The van der Waals surface area contributed by atoms with Crippen LogP contribution < -0.4 is 0 Å². The van der Waals surface area contributed by atoms with Crippen molar-refractivity contribution >= 4 is 17.5 Å². The van der Waals surface area contributed by atoms with Gasteiger partial charge < -0.3 is 9.84 Å². The lowest BCUT2D eigenvalue weighted by Gasteiger charge is -1.99. The molecule has 0 saturated carbocycles. The number of esters is 1. The number of methoxy groups -OCH3 is 1. The first kappa shape index (κ1) is 12.0. The fourth-order valence-corrected chi connectivity index (χ4v) is 1.11.